The van der Waals surface area contributed by atoms with Crippen LogP contribution in [0.15, 0.2) is 0 Å². The van der Waals surface area contributed by atoms with Crippen molar-refractivity contribution in [2.24, 2.45) is 17.8 Å². The molecule has 23 heavy (non-hydrogen) atoms. The number of likely N-dealkylation sites (tertiary alicyclic amines) is 1. The van der Waals surface area contributed by atoms with Crippen LogP contribution in [0.2, 0.25) is 0 Å². The van der Waals surface area contributed by atoms with E-state index in [9.17, 15) is 13.2 Å². The molecule has 3 aliphatic rings. The van der Waals surface area contributed by atoms with Gasteiger partial charge in [0.2, 0.25) is 15.9 Å². The van der Waals surface area contributed by atoms with E-state index in [4.69, 9.17) is 0 Å². The Bertz CT molecular complexity index is 542. The fraction of sp³-hybridized carbons (Fsp3) is 0.941. The molecule has 0 aromatic rings. The van der Waals surface area contributed by atoms with Crippen LogP contribution < -0.4 is 0 Å². The van der Waals surface area contributed by atoms with Gasteiger partial charge in [0.25, 0.3) is 0 Å². The number of nitrogens with zero attached hydrogens (tertiary/aromatic N) is 2. The van der Waals surface area contributed by atoms with E-state index in [0.717, 1.165) is 38.6 Å². The summed E-state index contributed by atoms with van der Waals surface area (Å²) in [4.78, 5) is 14.4. The van der Waals surface area contributed by atoms with Crippen LogP contribution in [0.4, 0.5) is 0 Å². The quantitative estimate of drug-likeness (QED) is 0.786. The fourth-order valence-corrected chi connectivity index (χ4v) is 6.30. The molecule has 2 atom stereocenters. The van der Waals surface area contributed by atoms with E-state index in [1.807, 2.05) is 4.90 Å². The molecule has 0 bridgehead atoms. The lowest BCUT2D eigenvalue weighted by Crippen LogP contribution is -2.40. The summed E-state index contributed by atoms with van der Waals surface area (Å²) < 4.78 is 27.3. The molecular weight excluding hydrogens is 312 g/mol. The molecule has 1 saturated carbocycles. The smallest absolute Gasteiger partial charge is 0.225 e. The SMILES string of the molecule is CC(C)CCN1C[C@H]2CCN(C(=O)C3CCC3)CC[C@H]2S1(=O)=O. The van der Waals surface area contributed by atoms with Crippen molar-refractivity contribution < 1.29 is 13.2 Å². The van der Waals surface area contributed by atoms with Gasteiger partial charge in [-0.25, -0.2) is 12.7 Å². The Morgan fingerprint density at radius 3 is 2.43 bits per heavy atom. The zero-order chi connectivity index (χ0) is 16.6. The maximum absolute atomic E-state index is 12.8. The average molecular weight is 343 g/mol. The summed E-state index contributed by atoms with van der Waals surface area (Å²) in [5.74, 6) is 1.20. The van der Waals surface area contributed by atoms with Gasteiger partial charge < -0.3 is 4.90 Å². The van der Waals surface area contributed by atoms with E-state index >= 15 is 0 Å². The molecule has 0 unspecified atom stereocenters. The van der Waals surface area contributed by atoms with E-state index in [1.165, 1.54) is 0 Å². The third-order valence-electron chi connectivity index (χ3n) is 5.88. The number of carbonyl (C=O) groups excluding carboxylic acids is 1. The molecule has 2 saturated heterocycles. The fourth-order valence-electron chi connectivity index (χ4n) is 4.05. The molecule has 0 radical (unpaired) electrons. The zero-order valence-corrected chi connectivity index (χ0v) is 15.2. The lowest BCUT2D eigenvalue weighted by atomic mass is 9.84. The number of hydrogen-bond acceptors (Lipinski definition) is 3. The van der Waals surface area contributed by atoms with Crippen LogP contribution in [0, 0.1) is 17.8 Å². The lowest BCUT2D eigenvalue weighted by molar-refractivity contribution is -0.138. The first-order chi connectivity index (χ1) is 10.9. The first-order valence-corrected chi connectivity index (χ1v) is 10.7. The third-order valence-corrected chi connectivity index (χ3v) is 8.32. The van der Waals surface area contributed by atoms with Gasteiger partial charge in [0.05, 0.1) is 5.25 Å². The van der Waals surface area contributed by atoms with Gasteiger partial charge in [-0.15, -0.1) is 0 Å². The maximum atomic E-state index is 12.8. The molecule has 0 N–H and O–H groups in total. The van der Waals surface area contributed by atoms with E-state index < -0.39 is 10.0 Å². The van der Waals surface area contributed by atoms with Crippen molar-refractivity contribution >= 4 is 15.9 Å². The van der Waals surface area contributed by atoms with Crippen LogP contribution >= 0.6 is 0 Å². The molecule has 1 aliphatic carbocycles. The highest BCUT2D eigenvalue weighted by Crippen LogP contribution is 2.36. The van der Waals surface area contributed by atoms with Crippen LogP contribution in [0.1, 0.15) is 52.4 Å². The molecule has 0 aromatic heterocycles. The molecule has 0 aromatic carbocycles. The summed E-state index contributed by atoms with van der Waals surface area (Å²) in [7, 11) is -3.17. The molecule has 5 nitrogen and oxygen atoms in total. The van der Waals surface area contributed by atoms with Crippen LogP contribution in [0.3, 0.4) is 0 Å². The molecule has 2 heterocycles. The summed E-state index contributed by atoms with van der Waals surface area (Å²) in [5, 5.41) is -0.270. The molecule has 1 amide bonds. The van der Waals surface area contributed by atoms with Crippen LogP contribution in [0.25, 0.3) is 0 Å². The van der Waals surface area contributed by atoms with Crippen molar-refractivity contribution in [3.05, 3.63) is 0 Å². The Hall–Kier alpha value is -0.620. The van der Waals surface area contributed by atoms with Crippen molar-refractivity contribution in [1.82, 2.24) is 9.21 Å². The third kappa shape index (κ3) is 3.43. The Kier molecular flexibility index (Phi) is 5.02. The van der Waals surface area contributed by atoms with Gasteiger partial charge in [-0.2, -0.15) is 0 Å². The normalized spacial score (nSPS) is 31.7. The first kappa shape index (κ1) is 17.2. The molecule has 2 aliphatic heterocycles. The summed E-state index contributed by atoms with van der Waals surface area (Å²) in [6.45, 7) is 6.93. The van der Waals surface area contributed by atoms with Crippen molar-refractivity contribution in [3.63, 3.8) is 0 Å². The van der Waals surface area contributed by atoms with Gasteiger partial charge in [0.15, 0.2) is 0 Å². The van der Waals surface area contributed by atoms with Gasteiger partial charge >= 0.3 is 0 Å². The summed E-state index contributed by atoms with van der Waals surface area (Å²) in [5.41, 5.74) is 0. The van der Waals surface area contributed by atoms with Gasteiger partial charge in [0, 0.05) is 32.1 Å². The van der Waals surface area contributed by atoms with Crippen molar-refractivity contribution in [1.29, 1.82) is 0 Å². The number of carbonyl (C=O) groups is 1. The minimum atomic E-state index is -3.17. The van der Waals surface area contributed by atoms with Gasteiger partial charge in [-0.1, -0.05) is 20.3 Å². The Balaban J connectivity index is 1.62. The second kappa shape index (κ2) is 6.71. The largest absolute Gasteiger partial charge is 0.342 e. The number of fused-ring (bicyclic) bond motifs is 1. The molecule has 3 rings (SSSR count). The highest BCUT2D eigenvalue weighted by Gasteiger charge is 2.47. The molecule has 3 fully saturated rings. The number of hydrogen-bond donors (Lipinski definition) is 0. The standard InChI is InChI=1S/C17H30N2O3S/c1-13(2)6-11-19-12-15-7-9-18(17(20)14-4-3-5-14)10-8-16(15)23(19,21)22/h13-16H,3-12H2,1-2H3/t15-,16-/m1/s1. The number of rotatable bonds is 4. The van der Waals surface area contributed by atoms with Gasteiger partial charge in [-0.05, 0) is 43.9 Å². The predicted molar refractivity (Wildman–Crippen MR) is 90.4 cm³/mol. The first-order valence-electron chi connectivity index (χ1n) is 9.17. The van der Waals surface area contributed by atoms with Gasteiger partial charge in [-0.3, -0.25) is 4.79 Å². The Labute approximate surface area is 140 Å². The summed E-state index contributed by atoms with van der Waals surface area (Å²) >= 11 is 0. The summed E-state index contributed by atoms with van der Waals surface area (Å²) in [6.07, 6.45) is 5.57. The van der Waals surface area contributed by atoms with Crippen molar-refractivity contribution in [2.45, 2.75) is 57.6 Å². The maximum Gasteiger partial charge on any atom is 0.225 e. The van der Waals surface area contributed by atoms with Crippen molar-refractivity contribution in [2.75, 3.05) is 26.2 Å². The number of sulfonamides is 1. The van der Waals surface area contributed by atoms with Crippen LogP contribution in [-0.2, 0) is 14.8 Å². The van der Waals surface area contributed by atoms with E-state index in [2.05, 4.69) is 13.8 Å². The zero-order valence-electron chi connectivity index (χ0n) is 14.4. The van der Waals surface area contributed by atoms with Gasteiger partial charge in [0.1, 0.15) is 0 Å². The summed E-state index contributed by atoms with van der Waals surface area (Å²) in [6, 6.07) is 0. The highest BCUT2D eigenvalue weighted by atomic mass is 32.2. The average Bonchev–Trinajstić information content (AvgIpc) is 2.59. The van der Waals surface area contributed by atoms with E-state index in [0.29, 0.717) is 32.0 Å². The molecule has 0 spiro atoms. The van der Waals surface area contributed by atoms with Crippen LogP contribution in [-0.4, -0.2) is 55.0 Å². The lowest BCUT2D eigenvalue weighted by Gasteiger charge is -2.31. The Morgan fingerprint density at radius 1 is 1.13 bits per heavy atom. The number of amides is 1. The minimum absolute atomic E-state index is 0.200. The van der Waals surface area contributed by atoms with Crippen molar-refractivity contribution in [3.8, 4) is 0 Å². The van der Waals surface area contributed by atoms with E-state index in [-0.39, 0.29) is 23.0 Å². The predicted octanol–water partition coefficient (Wildman–Crippen LogP) is 2.09. The molecule has 6 heteroatoms. The monoisotopic (exact) mass is 342 g/mol. The highest BCUT2D eigenvalue weighted by molar-refractivity contribution is 7.90. The minimum Gasteiger partial charge on any atom is -0.342 e. The Morgan fingerprint density at radius 2 is 1.83 bits per heavy atom. The second-order valence-corrected chi connectivity index (χ2v) is 10.1. The second-order valence-electron chi connectivity index (χ2n) is 7.91. The van der Waals surface area contributed by atoms with E-state index in [1.54, 1.807) is 4.31 Å². The van der Waals surface area contributed by atoms with Crippen LogP contribution in [0.5, 0.6) is 0 Å². The molecular formula is C17H30N2O3S. The topological polar surface area (TPSA) is 57.7 Å². The molecule has 132 valence electrons.